The van der Waals surface area contributed by atoms with Gasteiger partial charge in [0.25, 0.3) is 5.56 Å². The highest BCUT2D eigenvalue weighted by atomic mass is 16.6. The maximum Gasteiger partial charge on any atom is 0.337 e. The topological polar surface area (TPSA) is 83.0 Å². The molecular weight excluding hydrogens is 312 g/mol. The Morgan fingerprint density at radius 1 is 1.38 bits per heavy atom. The Morgan fingerprint density at radius 3 is 2.96 bits per heavy atom. The fourth-order valence-corrected chi connectivity index (χ4v) is 2.24. The molecule has 0 saturated carbocycles. The Labute approximate surface area is 138 Å². The number of esters is 1. The summed E-state index contributed by atoms with van der Waals surface area (Å²) in [6.45, 7) is 1.52. The van der Waals surface area contributed by atoms with Crippen LogP contribution in [-0.2, 0) is 16.0 Å². The summed E-state index contributed by atoms with van der Waals surface area (Å²) < 4.78 is 16.7. The first-order chi connectivity index (χ1) is 11.7. The van der Waals surface area contributed by atoms with Gasteiger partial charge in [0.1, 0.15) is 0 Å². The molecule has 2 heterocycles. The molecule has 2 aromatic rings. The monoisotopic (exact) mass is 330 g/mol. The van der Waals surface area contributed by atoms with Crippen LogP contribution < -0.4 is 10.3 Å². The quantitative estimate of drug-likeness (QED) is 0.561. The van der Waals surface area contributed by atoms with Crippen LogP contribution in [0.1, 0.15) is 22.3 Å². The van der Waals surface area contributed by atoms with Crippen LogP contribution in [0.3, 0.4) is 0 Å². The number of epoxide rings is 1. The summed E-state index contributed by atoms with van der Waals surface area (Å²) in [6, 6.07) is 9.86. The number of carbonyl (C=O) groups excluding carboxylic acids is 1. The lowest BCUT2D eigenvalue weighted by atomic mass is 10.1. The minimum atomic E-state index is -0.420. The van der Waals surface area contributed by atoms with Gasteiger partial charge in [0, 0.05) is 18.6 Å². The van der Waals surface area contributed by atoms with Crippen LogP contribution in [0.4, 0.5) is 0 Å². The molecule has 3 rings (SSSR count). The SMILES string of the molecule is COC(=O)c1cccc(Cn2nc(OCCC3CO3)ccc2=O)c1. The lowest BCUT2D eigenvalue weighted by molar-refractivity contribution is 0.0600. The third-order valence-corrected chi connectivity index (χ3v) is 3.61. The Balaban J connectivity index is 1.71. The van der Waals surface area contributed by atoms with Crippen molar-refractivity contribution in [2.75, 3.05) is 20.3 Å². The fourth-order valence-electron chi connectivity index (χ4n) is 2.24. The number of hydrogen-bond donors (Lipinski definition) is 0. The van der Waals surface area contributed by atoms with Gasteiger partial charge in [-0.05, 0) is 17.7 Å². The van der Waals surface area contributed by atoms with E-state index in [1.54, 1.807) is 24.3 Å². The molecule has 1 aliphatic heterocycles. The van der Waals surface area contributed by atoms with E-state index in [9.17, 15) is 9.59 Å². The average Bonchev–Trinajstić information content (AvgIpc) is 3.41. The first-order valence-corrected chi connectivity index (χ1v) is 7.65. The van der Waals surface area contributed by atoms with Crippen LogP contribution in [0.15, 0.2) is 41.2 Å². The maximum absolute atomic E-state index is 12.0. The van der Waals surface area contributed by atoms with Crippen molar-refractivity contribution in [1.29, 1.82) is 0 Å². The van der Waals surface area contributed by atoms with E-state index >= 15 is 0 Å². The van der Waals surface area contributed by atoms with Crippen molar-refractivity contribution in [3.8, 4) is 5.88 Å². The largest absolute Gasteiger partial charge is 0.477 e. The molecular formula is C17H18N2O5. The van der Waals surface area contributed by atoms with E-state index in [1.165, 1.54) is 17.9 Å². The van der Waals surface area contributed by atoms with Gasteiger partial charge in [0.05, 0.1) is 38.5 Å². The molecule has 1 unspecified atom stereocenters. The van der Waals surface area contributed by atoms with Crippen LogP contribution in [0.2, 0.25) is 0 Å². The van der Waals surface area contributed by atoms with E-state index in [-0.39, 0.29) is 18.2 Å². The van der Waals surface area contributed by atoms with Gasteiger partial charge in [-0.3, -0.25) is 4.79 Å². The highest BCUT2D eigenvalue weighted by Crippen LogP contribution is 2.14. The van der Waals surface area contributed by atoms with Crippen molar-refractivity contribution in [1.82, 2.24) is 9.78 Å². The number of methoxy groups -OCH3 is 1. The minimum Gasteiger partial charge on any atom is -0.477 e. The van der Waals surface area contributed by atoms with Crippen LogP contribution >= 0.6 is 0 Å². The molecule has 1 saturated heterocycles. The second-order valence-corrected chi connectivity index (χ2v) is 5.45. The lowest BCUT2D eigenvalue weighted by Gasteiger charge is -2.09. The lowest BCUT2D eigenvalue weighted by Crippen LogP contribution is -2.23. The van der Waals surface area contributed by atoms with E-state index in [4.69, 9.17) is 14.2 Å². The van der Waals surface area contributed by atoms with Gasteiger partial charge in [-0.15, -0.1) is 5.10 Å². The summed E-state index contributed by atoms with van der Waals surface area (Å²) in [5.74, 6) is -0.0316. The first-order valence-electron chi connectivity index (χ1n) is 7.65. The third kappa shape index (κ3) is 4.20. The molecule has 1 atom stereocenters. The fraction of sp³-hybridized carbons (Fsp3) is 0.353. The molecule has 7 nitrogen and oxygen atoms in total. The average molecular weight is 330 g/mol. The van der Waals surface area contributed by atoms with Gasteiger partial charge in [0.15, 0.2) is 0 Å². The predicted molar refractivity (Wildman–Crippen MR) is 85.2 cm³/mol. The summed E-state index contributed by atoms with van der Waals surface area (Å²) in [4.78, 5) is 23.6. The number of aromatic nitrogens is 2. The van der Waals surface area contributed by atoms with Gasteiger partial charge >= 0.3 is 5.97 Å². The molecule has 126 valence electrons. The van der Waals surface area contributed by atoms with Gasteiger partial charge in [-0.2, -0.15) is 0 Å². The Morgan fingerprint density at radius 2 is 2.21 bits per heavy atom. The predicted octanol–water partition coefficient (Wildman–Crippen LogP) is 1.25. The van der Waals surface area contributed by atoms with Crippen molar-refractivity contribution in [2.45, 2.75) is 19.1 Å². The van der Waals surface area contributed by atoms with E-state index < -0.39 is 5.97 Å². The summed E-state index contributed by atoms with van der Waals surface area (Å²) in [6.07, 6.45) is 1.10. The van der Waals surface area contributed by atoms with Gasteiger partial charge < -0.3 is 14.2 Å². The van der Waals surface area contributed by atoms with Gasteiger partial charge in [-0.1, -0.05) is 12.1 Å². The molecule has 0 bridgehead atoms. The first kappa shape index (κ1) is 16.2. The van der Waals surface area contributed by atoms with Crippen molar-refractivity contribution in [2.24, 2.45) is 0 Å². The van der Waals surface area contributed by atoms with Gasteiger partial charge in [-0.25, -0.2) is 9.48 Å². The molecule has 0 amide bonds. The van der Waals surface area contributed by atoms with Crippen LogP contribution in [0.25, 0.3) is 0 Å². The van der Waals surface area contributed by atoms with Crippen LogP contribution in [0, 0.1) is 0 Å². The van der Waals surface area contributed by atoms with Gasteiger partial charge in [0.2, 0.25) is 5.88 Å². The molecule has 1 fully saturated rings. The zero-order valence-corrected chi connectivity index (χ0v) is 13.3. The molecule has 7 heteroatoms. The molecule has 0 aliphatic carbocycles. The smallest absolute Gasteiger partial charge is 0.337 e. The number of nitrogens with zero attached hydrogens (tertiary/aromatic N) is 2. The summed E-state index contributed by atoms with van der Waals surface area (Å²) in [7, 11) is 1.33. The molecule has 0 N–H and O–H groups in total. The Hall–Kier alpha value is -2.67. The maximum atomic E-state index is 12.0. The Bertz CT molecular complexity index is 783. The Kier molecular flexibility index (Phi) is 4.90. The molecule has 24 heavy (non-hydrogen) atoms. The molecule has 0 radical (unpaired) electrons. The van der Waals surface area contributed by atoms with Crippen molar-refractivity contribution in [3.05, 3.63) is 57.9 Å². The number of hydrogen-bond acceptors (Lipinski definition) is 6. The van der Waals surface area contributed by atoms with Crippen molar-refractivity contribution >= 4 is 5.97 Å². The second kappa shape index (κ2) is 7.27. The standard InChI is InChI=1S/C17H18N2O5/c1-22-17(21)13-4-2-3-12(9-13)10-19-16(20)6-5-15(18-19)23-8-7-14-11-24-14/h2-6,9,14H,7-8,10-11H2,1H3. The number of benzene rings is 1. The third-order valence-electron chi connectivity index (χ3n) is 3.61. The highest BCUT2D eigenvalue weighted by molar-refractivity contribution is 5.89. The van der Waals surface area contributed by atoms with E-state index in [1.807, 2.05) is 6.07 Å². The molecule has 1 aliphatic rings. The van der Waals surface area contributed by atoms with Crippen LogP contribution in [-0.4, -0.2) is 42.2 Å². The number of ether oxygens (including phenoxy) is 3. The van der Waals surface area contributed by atoms with Crippen LogP contribution in [0.5, 0.6) is 5.88 Å². The zero-order valence-electron chi connectivity index (χ0n) is 13.3. The normalized spacial score (nSPS) is 15.8. The second-order valence-electron chi connectivity index (χ2n) is 5.45. The molecule has 1 aromatic heterocycles. The summed E-state index contributed by atoms with van der Waals surface area (Å²) in [5.41, 5.74) is 0.965. The molecule has 1 aromatic carbocycles. The van der Waals surface area contributed by atoms with E-state index in [0.717, 1.165) is 18.6 Å². The van der Waals surface area contributed by atoms with E-state index in [0.29, 0.717) is 18.1 Å². The minimum absolute atomic E-state index is 0.239. The highest BCUT2D eigenvalue weighted by Gasteiger charge is 2.21. The summed E-state index contributed by atoms with van der Waals surface area (Å²) >= 11 is 0. The van der Waals surface area contributed by atoms with Crippen molar-refractivity contribution < 1.29 is 19.0 Å². The zero-order chi connectivity index (χ0) is 16.9. The van der Waals surface area contributed by atoms with E-state index in [2.05, 4.69) is 5.10 Å². The van der Waals surface area contributed by atoms with Crippen molar-refractivity contribution in [3.63, 3.8) is 0 Å². The number of rotatable bonds is 7. The molecule has 0 spiro atoms. The summed E-state index contributed by atoms with van der Waals surface area (Å²) in [5, 5.41) is 4.20. The number of carbonyl (C=O) groups is 1.